The Morgan fingerprint density at radius 3 is 1.96 bits per heavy atom. The molecular formula is C50H39NO2S2. The maximum atomic E-state index is 14.6. The largest absolute Gasteiger partial charge is 0.310 e. The molecule has 0 unspecified atom stereocenters. The highest BCUT2D eigenvalue weighted by molar-refractivity contribution is 7.91. The summed E-state index contributed by atoms with van der Waals surface area (Å²) >= 11 is 1.85. The lowest BCUT2D eigenvalue weighted by atomic mass is 9.42. The fourth-order valence-electron chi connectivity index (χ4n) is 11.9. The summed E-state index contributed by atoms with van der Waals surface area (Å²) in [5.41, 5.74) is 7.25. The van der Waals surface area contributed by atoms with Gasteiger partial charge in [0.1, 0.15) is 0 Å². The van der Waals surface area contributed by atoms with Gasteiger partial charge in [0, 0.05) is 42.3 Å². The topological polar surface area (TPSA) is 37.4 Å². The molecule has 1 spiro atoms. The summed E-state index contributed by atoms with van der Waals surface area (Å²) in [5, 5.41) is 4.94. The van der Waals surface area contributed by atoms with Crippen LogP contribution in [0.25, 0.3) is 42.1 Å². The average molecular weight is 750 g/mol. The van der Waals surface area contributed by atoms with Crippen LogP contribution in [-0.2, 0) is 15.3 Å². The molecule has 2 heterocycles. The second-order valence-corrected chi connectivity index (χ2v) is 19.5. The lowest BCUT2D eigenvalue weighted by molar-refractivity contribution is -0.0446. The second-order valence-electron chi connectivity index (χ2n) is 16.5. The number of hydrogen-bond acceptors (Lipinski definition) is 4. The van der Waals surface area contributed by atoms with E-state index < -0.39 is 9.84 Å². The number of sulfone groups is 1. The van der Waals surface area contributed by atoms with Crippen LogP contribution in [0.4, 0.5) is 17.1 Å². The predicted molar refractivity (Wildman–Crippen MR) is 227 cm³/mol. The summed E-state index contributed by atoms with van der Waals surface area (Å²) in [6.07, 6.45) is 6.10. The van der Waals surface area contributed by atoms with Crippen LogP contribution >= 0.6 is 11.3 Å². The van der Waals surface area contributed by atoms with Crippen molar-refractivity contribution in [2.24, 2.45) is 23.7 Å². The normalized spacial score (nSPS) is 24.4. The molecule has 0 saturated heterocycles. The van der Waals surface area contributed by atoms with Crippen molar-refractivity contribution in [1.29, 1.82) is 0 Å². The van der Waals surface area contributed by atoms with Gasteiger partial charge in [0.05, 0.1) is 15.5 Å². The molecule has 1 aliphatic heterocycles. The minimum Gasteiger partial charge on any atom is -0.310 e. The number of hydrogen-bond donors (Lipinski definition) is 0. The van der Waals surface area contributed by atoms with E-state index in [0.29, 0.717) is 21.6 Å². The molecule has 0 amide bonds. The Hall–Kier alpha value is -5.23. The zero-order chi connectivity index (χ0) is 36.5. The van der Waals surface area contributed by atoms with Gasteiger partial charge in [-0.05, 0) is 138 Å². The zero-order valence-electron chi connectivity index (χ0n) is 30.4. The van der Waals surface area contributed by atoms with Crippen LogP contribution in [0.3, 0.4) is 0 Å². The zero-order valence-corrected chi connectivity index (χ0v) is 32.0. The van der Waals surface area contributed by atoms with Gasteiger partial charge in [-0.2, -0.15) is 0 Å². The van der Waals surface area contributed by atoms with Crippen molar-refractivity contribution in [3.05, 3.63) is 163 Å². The van der Waals surface area contributed by atoms with E-state index in [-0.39, 0.29) is 5.41 Å². The monoisotopic (exact) mass is 749 g/mol. The average Bonchev–Trinajstić information content (AvgIpc) is 3.59. The van der Waals surface area contributed by atoms with E-state index in [1.807, 2.05) is 29.5 Å². The third kappa shape index (κ3) is 4.51. The molecule has 0 N–H and O–H groups in total. The first kappa shape index (κ1) is 32.1. The van der Waals surface area contributed by atoms with E-state index in [1.165, 1.54) is 68.8 Å². The van der Waals surface area contributed by atoms with E-state index in [9.17, 15) is 8.42 Å². The third-order valence-electron chi connectivity index (χ3n) is 13.8. The molecule has 4 bridgehead atoms. The van der Waals surface area contributed by atoms with Crippen LogP contribution in [0.5, 0.6) is 0 Å². The van der Waals surface area contributed by atoms with Crippen molar-refractivity contribution in [3.63, 3.8) is 0 Å². The first-order valence-electron chi connectivity index (χ1n) is 19.8. The van der Waals surface area contributed by atoms with Crippen molar-refractivity contribution >= 4 is 69.2 Å². The van der Waals surface area contributed by atoms with Crippen LogP contribution in [0.2, 0.25) is 0 Å². The highest BCUT2D eigenvalue weighted by Crippen LogP contribution is 2.68. The van der Waals surface area contributed by atoms with Crippen LogP contribution in [-0.4, -0.2) is 8.42 Å². The fourth-order valence-corrected chi connectivity index (χ4v) is 14.8. The van der Waals surface area contributed by atoms with Crippen molar-refractivity contribution in [1.82, 2.24) is 0 Å². The number of nitrogens with zero attached hydrogens (tertiary/aromatic N) is 1. The van der Waals surface area contributed by atoms with Crippen LogP contribution in [0.15, 0.2) is 161 Å². The summed E-state index contributed by atoms with van der Waals surface area (Å²) in [5.74, 6) is 2.41. The van der Waals surface area contributed by atoms with Gasteiger partial charge in [0.25, 0.3) is 0 Å². The standard InChI is InChI=1S/C50H39NO2S2/c52-55(53)48-15-6-4-12-43(48)50(36-25-31-24-32(27-36)28-37(50)26-31)44-30-39(21-23-49(44)55)51(45-13-7-9-34-8-1-2-10-40(34)45)38-19-16-33(17-20-38)35-18-22-42-41-11-3-5-14-46(41)54-47(42)29-35/h1-23,29-32,36-37H,24-28H2. The van der Waals surface area contributed by atoms with Gasteiger partial charge >= 0.3 is 0 Å². The van der Waals surface area contributed by atoms with Crippen molar-refractivity contribution in [2.75, 3.05) is 4.90 Å². The molecule has 7 aromatic carbocycles. The Balaban J connectivity index is 1.05. The predicted octanol–water partition coefficient (Wildman–Crippen LogP) is 13.2. The van der Waals surface area contributed by atoms with Crippen LogP contribution < -0.4 is 4.90 Å². The molecule has 4 saturated carbocycles. The van der Waals surface area contributed by atoms with Crippen molar-refractivity contribution < 1.29 is 8.42 Å². The van der Waals surface area contributed by atoms with E-state index in [0.717, 1.165) is 45.4 Å². The van der Waals surface area contributed by atoms with Gasteiger partial charge in [0.2, 0.25) is 9.84 Å². The SMILES string of the molecule is O=S1(=O)c2ccccc2C2(c3cc(N(c4ccc(-c5ccc6c(c5)sc5ccccc56)cc4)c4cccc5ccccc45)ccc31)C1CC3CC(C1)CC2C3. The number of fused-ring (bicyclic) bond motifs is 6. The molecule has 268 valence electrons. The third-order valence-corrected chi connectivity index (χ3v) is 16.9. The highest BCUT2D eigenvalue weighted by Gasteiger charge is 2.62. The minimum absolute atomic E-state index is 0.305. The first-order valence-corrected chi connectivity index (χ1v) is 22.1. The molecule has 1 aromatic heterocycles. The van der Waals surface area contributed by atoms with Crippen LogP contribution in [0, 0.1) is 23.7 Å². The second kappa shape index (κ2) is 11.6. The molecular weight excluding hydrogens is 711 g/mol. The quantitative estimate of drug-likeness (QED) is 0.180. The number of benzene rings is 7. The van der Waals surface area contributed by atoms with Gasteiger partial charge in [-0.25, -0.2) is 8.42 Å². The molecule has 4 fully saturated rings. The lowest BCUT2D eigenvalue weighted by Crippen LogP contribution is -2.57. The molecule has 13 rings (SSSR count). The van der Waals surface area contributed by atoms with Gasteiger partial charge in [-0.3, -0.25) is 0 Å². The number of anilines is 3. The van der Waals surface area contributed by atoms with Crippen LogP contribution in [0.1, 0.15) is 43.2 Å². The Bertz CT molecular complexity index is 2950. The Labute approximate surface area is 325 Å². The highest BCUT2D eigenvalue weighted by atomic mass is 32.2. The molecule has 0 atom stereocenters. The fraction of sp³-hybridized carbons (Fsp3) is 0.200. The maximum absolute atomic E-state index is 14.6. The number of rotatable bonds is 4. The summed E-state index contributed by atoms with van der Waals surface area (Å²) < 4.78 is 31.8. The van der Waals surface area contributed by atoms with E-state index in [4.69, 9.17) is 0 Å². The van der Waals surface area contributed by atoms with Gasteiger partial charge < -0.3 is 4.90 Å². The van der Waals surface area contributed by atoms with Gasteiger partial charge in [-0.1, -0.05) is 97.1 Å². The maximum Gasteiger partial charge on any atom is 0.207 e. The molecule has 5 heteroatoms. The van der Waals surface area contributed by atoms with E-state index in [2.05, 4.69) is 138 Å². The van der Waals surface area contributed by atoms with Crippen molar-refractivity contribution in [3.8, 4) is 11.1 Å². The Morgan fingerprint density at radius 2 is 1.15 bits per heavy atom. The van der Waals surface area contributed by atoms with Crippen molar-refractivity contribution in [2.45, 2.75) is 47.3 Å². The Kier molecular flexibility index (Phi) is 6.79. The van der Waals surface area contributed by atoms with Gasteiger partial charge in [0.15, 0.2) is 0 Å². The molecule has 3 nitrogen and oxygen atoms in total. The van der Waals surface area contributed by atoms with Gasteiger partial charge in [-0.15, -0.1) is 11.3 Å². The smallest absolute Gasteiger partial charge is 0.207 e. The molecule has 8 aromatic rings. The first-order chi connectivity index (χ1) is 27.0. The molecule has 55 heavy (non-hydrogen) atoms. The molecule has 0 radical (unpaired) electrons. The summed E-state index contributed by atoms with van der Waals surface area (Å²) in [7, 11) is -3.69. The summed E-state index contributed by atoms with van der Waals surface area (Å²) in [6, 6.07) is 53.8. The Morgan fingerprint density at radius 1 is 0.509 bits per heavy atom. The molecule has 5 aliphatic rings. The lowest BCUT2D eigenvalue weighted by Gasteiger charge is -2.63. The van der Waals surface area contributed by atoms with E-state index >= 15 is 0 Å². The van der Waals surface area contributed by atoms with E-state index in [1.54, 1.807) is 0 Å². The molecule has 4 aliphatic carbocycles. The minimum atomic E-state index is -3.69. The summed E-state index contributed by atoms with van der Waals surface area (Å²) in [6.45, 7) is 0. The number of thiophene rings is 1. The summed E-state index contributed by atoms with van der Waals surface area (Å²) in [4.78, 5) is 3.39.